The number of guanidine groups is 1. The monoisotopic (exact) mass is 395 g/mol. The van der Waals surface area contributed by atoms with E-state index in [1.165, 1.54) is 12.1 Å². The van der Waals surface area contributed by atoms with Gasteiger partial charge in [0.2, 0.25) is 5.89 Å². The van der Waals surface area contributed by atoms with E-state index in [9.17, 15) is 4.39 Å². The molecule has 0 spiro atoms. The number of aromatic nitrogens is 1. The van der Waals surface area contributed by atoms with Crippen molar-refractivity contribution < 1.29 is 8.81 Å². The smallest absolute Gasteiger partial charge is 0.226 e. The van der Waals surface area contributed by atoms with E-state index >= 15 is 0 Å². The van der Waals surface area contributed by atoms with Crippen molar-refractivity contribution in [1.29, 1.82) is 0 Å². The predicted molar refractivity (Wildman–Crippen MR) is 113 cm³/mol. The molecule has 1 heterocycles. The summed E-state index contributed by atoms with van der Waals surface area (Å²) >= 11 is 0. The van der Waals surface area contributed by atoms with Crippen LogP contribution in [0, 0.1) is 5.82 Å². The molecule has 7 heteroatoms. The second-order valence-corrected chi connectivity index (χ2v) is 6.85. The highest BCUT2D eigenvalue weighted by atomic mass is 19.1. The lowest BCUT2D eigenvalue weighted by molar-refractivity contribution is 0.298. The maximum Gasteiger partial charge on any atom is 0.226 e. The van der Waals surface area contributed by atoms with E-state index in [1.807, 2.05) is 44.4 Å². The molecule has 2 aromatic carbocycles. The fourth-order valence-corrected chi connectivity index (χ4v) is 2.97. The lowest BCUT2D eigenvalue weighted by Crippen LogP contribution is -2.41. The standard InChI is InChI=1S/C22H26FN5O/c1-24-22(26-14-20(28(2)3)16-9-11-18(23)12-10-16)25-13-19-15-29-21(27-19)17-7-5-4-6-8-17/h4-12,15,20H,13-14H2,1-3H3,(H2,24,25,26). The Morgan fingerprint density at radius 1 is 1.10 bits per heavy atom. The number of benzene rings is 2. The molecule has 0 saturated carbocycles. The molecule has 0 aliphatic carbocycles. The van der Waals surface area contributed by atoms with Gasteiger partial charge in [-0.3, -0.25) is 4.99 Å². The maximum absolute atomic E-state index is 13.2. The van der Waals surface area contributed by atoms with Gasteiger partial charge >= 0.3 is 0 Å². The van der Waals surface area contributed by atoms with Gasteiger partial charge in [0.15, 0.2) is 5.96 Å². The largest absolute Gasteiger partial charge is 0.444 e. The summed E-state index contributed by atoms with van der Waals surface area (Å²) in [4.78, 5) is 10.9. The molecular formula is C22H26FN5O. The van der Waals surface area contributed by atoms with E-state index in [0.717, 1.165) is 16.8 Å². The molecule has 0 amide bonds. The zero-order valence-electron chi connectivity index (χ0n) is 16.9. The van der Waals surface area contributed by atoms with Gasteiger partial charge in [0, 0.05) is 19.2 Å². The number of nitrogens with one attached hydrogen (secondary N) is 2. The Balaban J connectivity index is 1.56. The molecule has 152 valence electrons. The Kier molecular flexibility index (Phi) is 6.97. The summed E-state index contributed by atoms with van der Waals surface area (Å²) in [7, 11) is 5.70. The van der Waals surface area contributed by atoms with Gasteiger partial charge in [-0.25, -0.2) is 9.37 Å². The summed E-state index contributed by atoms with van der Waals surface area (Å²) < 4.78 is 18.8. The van der Waals surface area contributed by atoms with Crippen LogP contribution >= 0.6 is 0 Å². The van der Waals surface area contributed by atoms with Crippen LogP contribution in [-0.4, -0.2) is 43.5 Å². The van der Waals surface area contributed by atoms with E-state index in [1.54, 1.807) is 25.4 Å². The molecule has 1 atom stereocenters. The van der Waals surface area contributed by atoms with Crippen molar-refractivity contribution in [3.8, 4) is 11.5 Å². The van der Waals surface area contributed by atoms with Gasteiger partial charge in [0.05, 0.1) is 18.3 Å². The van der Waals surface area contributed by atoms with Crippen LogP contribution in [0.25, 0.3) is 11.5 Å². The number of rotatable bonds is 7. The first-order valence-electron chi connectivity index (χ1n) is 9.43. The highest BCUT2D eigenvalue weighted by molar-refractivity contribution is 5.79. The molecule has 3 rings (SSSR count). The van der Waals surface area contributed by atoms with E-state index < -0.39 is 0 Å². The van der Waals surface area contributed by atoms with Crippen LogP contribution < -0.4 is 10.6 Å². The molecule has 0 aliphatic rings. The van der Waals surface area contributed by atoms with Crippen LogP contribution in [0.4, 0.5) is 4.39 Å². The van der Waals surface area contributed by atoms with Crippen molar-refractivity contribution in [2.45, 2.75) is 12.6 Å². The lowest BCUT2D eigenvalue weighted by Gasteiger charge is -2.26. The van der Waals surface area contributed by atoms with Crippen LogP contribution in [0.2, 0.25) is 0 Å². The van der Waals surface area contributed by atoms with Crippen LogP contribution in [0.1, 0.15) is 17.3 Å². The second kappa shape index (κ2) is 9.84. The molecule has 3 aromatic rings. The van der Waals surface area contributed by atoms with Crippen molar-refractivity contribution in [2.75, 3.05) is 27.7 Å². The quantitative estimate of drug-likeness (QED) is 0.474. The second-order valence-electron chi connectivity index (χ2n) is 6.85. The topological polar surface area (TPSA) is 65.7 Å². The molecule has 0 saturated heterocycles. The first-order valence-corrected chi connectivity index (χ1v) is 9.43. The van der Waals surface area contributed by atoms with E-state index in [4.69, 9.17) is 4.42 Å². The first-order chi connectivity index (χ1) is 14.1. The molecule has 1 unspecified atom stereocenters. The van der Waals surface area contributed by atoms with Gasteiger partial charge in [-0.05, 0) is 43.9 Å². The molecule has 0 radical (unpaired) electrons. The van der Waals surface area contributed by atoms with Crippen molar-refractivity contribution in [2.24, 2.45) is 4.99 Å². The summed E-state index contributed by atoms with van der Waals surface area (Å²) in [5.74, 6) is 1.01. The van der Waals surface area contributed by atoms with Crippen LogP contribution in [-0.2, 0) is 6.54 Å². The number of aliphatic imine (C=N–C) groups is 1. The summed E-state index contributed by atoms with van der Waals surface area (Å²) in [6.45, 7) is 1.10. The average molecular weight is 395 g/mol. The zero-order valence-corrected chi connectivity index (χ0v) is 16.9. The molecule has 0 aliphatic heterocycles. The fourth-order valence-electron chi connectivity index (χ4n) is 2.97. The molecule has 0 fully saturated rings. The van der Waals surface area contributed by atoms with Crippen molar-refractivity contribution >= 4 is 5.96 Å². The Morgan fingerprint density at radius 2 is 1.83 bits per heavy atom. The number of hydrogen-bond donors (Lipinski definition) is 2. The third-order valence-electron chi connectivity index (χ3n) is 4.57. The summed E-state index contributed by atoms with van der Waals surface area (Å²) in [6.07, 6.45) is 1.64. The van der Waals surface area contributed by atoms with E-state index in [0.29, 0.717) is 24.9 Å². The minimum Gasteiger partial charge on any atom is -0.444 e. The number of likely N-dealkylation sites (N-methyl/N-ethyl adjacent to an activating group) is 1. The third-order valence-corrected chi connectivity index (χ3v) is 4.57. The van der Waals surface area contributed by atoms with Crippen LogP contribution in [0.3, 0.4) is 0 Å². The van der Waals surface area contributed by atoms with E-state index in [2.05, 4.69) is 25.5 Å². The highest BCUT2D eigenvalue weighted by Crippen LogP contribution is 2.19. The number of nitrogens with zero attached hydrogens (tertiary/aromatic N) is 3. The summed E-state index contributed by atoms with van der Waals surface area (Å²) in [5.41, 5.74) is 2.76. The molecular weight excluding hydrogens is 369 g/mol. The minimum atomic E-state index is -0.237. The van der Waals surface area contributed by atoms with Gasteiger partial charge in [-0.15, -0.1) is 0 Å². The molecule has 6 nitrogen and oxygen atoms in total. The number of oxazole rings is 1. The minimum absolute atomic E-state index is 0.0749. The van der Waals surface area contributed by atoms with Crippen LogP contribution in [0.5, 0.6) is 0 Å². The average Bonchev–Trinajstić information content (AvgIpc) is 3.21. The SMILES string of the molecule is CN=C(NCc1coc(-c2ccccc2)n1)NCC(c1ccc(F)cc1)N(C)C. The summed E-state index contributed by atoms with van der Waals surface area (Å²) in [5, 5.41) is 6.56. The predicted octanol–water partition coefficient (Wildman–Crippen LogP) is 3.45. The summed E-state index contributed by atoms with van der Waals surface area (Å²) in [6, 6.07) is 16.4. The van der Waals surface area contributed by atoms with Gasteiger partial charge < -0.3 is 20.0 Å². The van der Waals surface area contributed by atoms with Crippen molar-refractivity contribution in [3.05, 3.63) is 77.9 Å². The fraction of sp³-hybridized carbons (Fsp3) is 0.273. The maximum atomic E-state index is 13.2. The lowest BCUT2D eigenvalue weighted by atomic mass is 10.1. The Bertz CT molecular complexity index is 922. The normalized spacial score (nSPS) is 12.8. The van der Waals surface area contributed by atoms with Gasteiger partial charge in [-0.2, -0.15) is 0 Å². The van der Waals surface area contributed by atoms with Gasteiger partial charge in [-0.1, -0.05) is 30.3 Å². The van der Waals surface area contributed by atoms with Crippen molar-refractivity contribution in [1.82, 2.24) is 20.5 Å². The molecule has 0 bridgehead atoms. The molecule has 2 N–H and O–H groups in total. The van der Waals surface area contributed by atoms with Crippen LogP contribution in [0.15, 0.2) is 70.3 Å². The first kappa shape index (κ1) is 20.5. The number of halogens is 1. The molecule has 1 aromatic heterocycles. The zero-order chi connectivity index (χ0) is 20.6. The Morgan fingerprint density at radius 3 is 2.48 bits per heavy atom. The Labute approximate surface area is 170 Å². The Hall–Kier alpha value is -3.19. The van der Waals surface area contributed by atoms with Crippen molar-refractivity contribution in [3.63, 3.8) is 0 Å². The molecule has 29 heavy (non-hydrogen) atoms. The van der Waals surface area contributed by atoms with Gasteiger partial charge in [0.1, 0.15) is 12.1 Å². The van der Waals surface area contributed by atoms with Gasteiger partial charge in [0.25, 0.3) is 0 Å². The number of hydrogen-bond acceptors (Lipinski definition) is 4. The van der Waals surface area contributed by atoms with E-state index in [-0.39, 0.29) is 11.9 Å². The highest BCUT2D eigenvalue weighted by Gasteiger charge is 2.15. The third kappa shape index (κ3) is 5.65.